The van der Waals surface area contributed by atoms with Crippen LogP contribution in [0.1, 0.15) is 19.8 Å². The summed E-state index contributed by atoms with van der Waals surface area (Å²) in [6.07, 6.45) is 2.57. The van der Waals surface area contributed by atoms with Crippen molar-refractivity contribution >= 4 is 0 Å². The largest absolute Gasteiger partial charge is 0.379 e. The first-order chi connectivity index (χ1) is 6.42. The Morgan fingerprint density at radius 2 is 2.15 bits per heavy atom. The summed E-state index contributed by atoms with van der Waals surface area (Å²) in [6.45, 7) is 7.57. The van der Waals surface area contributed by atoms with Crippen molar-refractivity contribution in [1.29, 1.82) is 0 Å². The van der Waals surface area contributed by atoms with Crippen molar-refractivity contribution in [3.05, 3.63) is 0 Å². The molecule has 0 bridgehead atoms. The molecule has 2 aliphatic rings. The van der Waals surface area contributed by atoms with E-state index in [4.69, 9.17) is 4.74 Å². The van der Waals surface area contributed by atoms with Gasteiger partial charge in [-0.2, -0.15) is 0 Å². The van der Waals surface area contributed by atoms with Crippen molar-refractivity contribution < 1.29 is 4.74 Å². The van der Waals surface area contributed by atoms with E-state index in [0.717, 1.165) is 38.4 Å². The van der Waals surface area contributed by atoms with Crippen LogP contribution < -0.4 is 5.32 Å². The molecule has 2 fully saturated rings. The van der Waals surface area contributed by atoms with Gasteiger partial charge in [-0.3, -0.25) is 4.90 Å². The van der Waals surface area contributed by atoms with Crippen molar-refractivity contribution in [2.24, 2.45) is 0 Å². The Morgan fingerprint density at radius 3 is 2.85 bits per heavy atom. The van der Waals surface area contributed by atoms with Gasteiger partial charge in [0.15, 0.2) is 0 Å². The van der Waals surface area contributed by atoms with E-state index in [2.05, 4.69) is 17.1 Å². The topological polar surface area (TPSA) is 24.5 Å². The van der Waals surface area contributed by atoms with Crippen LogP contribution in [0.4, 0.5) is 0 Å². The number of hydrogen-bond donors (Lipinski definition) is 1. The highest BCUT2D eigenvalue weighted by atomic mass is 16.5. The Hall–Kier alpha value is -0.120. The lowest BCUT2D eigenvalue weighted by molar-refractivity contribution is 0.0138. The molecule has 0 aromatic rings. The Labute approximate surface area is 80.4 Å². The van der Waals surface area contributed by atoms with Crippen LogP contribution in [-0.4, -0.2) is 49.8 Å². The monoisotopic (exact) mass is 184 g/mol. The molecule has 76 valence electrons. The molecule has 0 saturated carbocycles. The third-order valence-electron chi connectivity index (χ3n) is 3.27. The molecular formula is C10H20N2O. The average Bonchev–Trinajstić information content (AvgIpc) is 2.67. The summed E-state index contributed by atoms with van der Waals surface area (Å²) in [5.41, 5.74) is 0. The number of nitrogens with one attached hydrogen (secondary N) is 1. The van der Waals surface area contributed by atoms with Gasteiger partial charge in [-0.15, -0.1) is 0 Å². The van der Waals surface area contributed by atoms with Crippen LogP contribution >= 0.6 is 0 Å². The zero-order valence-electron chi connectivity index (χ0n) is 8.46. The molecule has 0 aromatic heterocycles. The number of morpholine rings is 1. The molecule has 0 spiro atoms. The summed E-state index contributed by atoms with van der Waals surface area (Å²) >= 11 is 0. The number of nitrogens with zero attached hydrogens (tertiary/aromatic N) is 1. The van der Waals surface area contributed by atoms with E-state index in [0.29, 0.717) is 0 Å². The summed E-state index contributed by atoms with van der Waals surface area (Å²) in [4.78, 5) is 2.59. The van der Waals surface area contributed by atoms with Crippen LogP contribution in [0.5, 0.6) is 0 Å². The van der Waals surface area contributed by atoms with Crippen molar-refractivity contribution in [2.45, 2.75) is 31.8 Å². The fraction of sp³-hybridized carbons (Fsp3) is 1.00. The fourth-order valence-electron chi connectivity index (χ4n) is 2.52. The highest BCUT2D eigenvalue weighted by Gasteiger charge is 2.30. The molecule has 3 heteroatoms. The highest BCUT2D eigenvalue weighted by Crippen LogP contribution is 2.18. The minimum Gasteiger partial charge on any atom is -0.379 e. The normalized spacial score (nSPS) is 36.7. The van der Waals surface area contributed by atoms with Crippen molar-refractivity contribution in [2.75, 3.05) is 32.8 Å². The maximum Gasteiger partial charge on any atom is 0.0594 e. The molecule has 2 rings (SSSR count). The molecule has 0 aromatic carbocycles. The lowest BCUT2D eigenvalue weighted by atomic mass is 10.1. The van der Waals surface area contributed by atoms with Crippen molar-refractivity contribution in [1.82, 2.24) is 10.2 Å². The van der Waals surface area contributed by atoms with E-state index in [1.807, 2.05) is 0 Å². The zero-order chi connectivity index (χ0) is 9.10. The van der Waals surface area contributed by atoms with Crippen LogP contribution in [0.2, 0.25) is 0 Å². The van der Waals surface area contributed by atoms with Crippen LogP contribution in [0.3, 0.4) is 0 Å². The molecule has 2 saturated heterocycles. The van der Waals surface area contributed by atoms with Gasteiger partial charge < -0.3 is 10.1 Å². The molecule has 2 unspecified atom stereocenters. The Kier molecular flexibility index (Phi) is 3.19. The molecule has 13 heavy (non-hydrogen) atoms. The van der Waals surface area contributed by atoms with Crippen LogP contribution in [-0.2, 0) is 4.74 Å². The number of ether oxygens (including phenoxy) is 1. The maximum absolute atomic E-state index is 5.37. The van der Waals surface area contributed by atoms with E-state index in [1.54, 1.807) is 0 Å². The second-order valence-corrected chi connectivity index (χ2v) is 3.97. The predicted molar refractivity (Wildman–Crippen MR) is 52.9 cm³/mol. The lowest BCUT2D eigenvalue weighted by Gasteiger charge is -2.34. The van der Waals surface area contributed by atoms with Gasteiger partial charge in [-0.05, 0) is 19.4 Å². The number of rotatable bonds is 2. The summed E-state index contributed by atoms with van der Waals surface area (Å²) in [7, 11) is 0. The summed E-state index contributed by atoms with van der Waals surface area (Å²) in [5, 5.41) is 3.57. The summed E-state index contributed by atoms with van der Waals surface area (Å²) in [6, 6.07) is 1.49. The second kappa shape index (κ2) is 4.40. The molecule has 2 aliphatic heterocycles. The third kappa shape index (κ3) is 2.03. The van der Waals surface area contributed by atoms with Crippen LogP contribution in [0.25, 0.3) is 0 Å². The number of hydrogen-bond acceptors (Lipinski definition) is 3. The minimum absolute atomic E-state index is 0.720. The standard InChI is InChI=1S/C10H20N2O/c1-2-9-10(3-4-11-9)12-5-7-13-8-6-12/h9-11H,2-8H2,1H3. The van der Waals surface area contributed by atoms with Gasteiger partial charge in [0.1, 0.15) is 0 Å². The highest BCUT2D eigenvalue weighted by molar-refractivity contribution is 4.90. The third-order valence-corrected chi connectivity index (χ3v) is 3.27. The summed E-state index contributed by atoms with van der Waals surface area (Å²) in [5.74, 6) is 0. The van der Waals surface area contributed by atoms with Crippen molar-refractivity contribution in [3.8, 4) is 0 Å². The molecular weight excluding hydrogens is 164 g/mol. The van der Waals surface area contributed by atoms with Gasteiger partial charge in [0.25, 0.3) is 0 Å². The molecule has 1 N–H and O–H groups in total. The van der Waals surface area contributed by atoms with E-state index in [1.165, 1.54) is 19.4 Å². The van der Waals surface area contributed by atoms with Gasteiger partial charge >= 0.3 is 0 Å². The van der Waals surface area contributed by atoms with E-state index in [9.17, 15) is 0 Å². The van der Waals surface area contributed by atoms with Gasteiger partial charge in [0, 0.05) is 25.2 Å². The van der Waals surface area contributed by atoms with Crippen LogP contribution in [0, 0.1) is 0 Å². The van der Waals surface area contributed by atoms with Crippen LogP contribution in [0.15, 0.2) is 0 Å². The fourth-order valence-corrected chi connectivity index (χ4v) is 2.52. The first-order valence-electron chi connectivity index (χ1n) is 5.47. The molecule has 0 radical (unpaired) electrons. The smallest absolute Gasteiger partial charge is 0.0594 e. The molecule has 0 amide bonds. The first kappa shape index (κ1) is 9.44. The average molecular weight is 184 g/mol. The molecule has 2 atom stereocenters. The zero-order valence-corrected chi connectivity index (χ0v) is 8.46. The summed E-state index contributed by atoms with van der Waals surface area (Å²) < 4.78 is 5.37. The predicted octanol–water partition coefficient (Wildman–Crippen LogP) is 0.459. The maximum atomic E-state index is 5.37. The Balaban J connectivity index is 1.90. The molecule has 2 heterocycles. The van der Waals surface area contributed by atoms with Gasteiger partial charge in [-0.1, -0.05) is 6.92 Å². The van der Waals surface area contributed by atoms with Crippen molar-refractivity contribution in [3.63, 3.8) is 0 Å². The van der Waals surface area contributed by atoms with Gasteiger partial charge in [-0.25, -0.2) is 0 Å². The minimum atomic E-state index is 0.720. The molecule has 3 nitrogen and oxygen atoms in total. The van der Waals surface area contributed by atoms with E-state index < -0.39 is 0 Å². The SMILES string of the molecule is CCC1NCCC1N1CCOCC1. The Morgan fingerprint density at radius 1 is 1.38 bits per heavy atom. The Bertz CT molecular complexity index is 157. The lowest BCUT2D eigenvalue weighted by Crippen LogP contribution is -2.48. The first-order valence-corrected chi connectivity index (χ1v) is 5.47. The van der Waals surface area contributed by atoms with E-state index >= 15 is 0 Å². The van der Waals surface area contributed by atoms with Gasteiger partial charge in [0.2, 0.25) is 0 Å². The molecule has 0 aliphatic carbocycles. The van der Waals surface area contributed by atoms with Gasteiger partial charge in [0.05, 0.1) is 13.2 Å². The quantitative estimate of drug-likeness (QED) is 0.675. The van der Waals surface area contributed by atoms with E-state index in [-0.39, 0.29) is 0 Å². The second-order valence-electron chi connectivity index (χ2n) is 3.97.